The zero-order valence-electron chi connectivity index (χ0n) is 9.67. The molecule has 7 nitrogen and oxygen atoms in total. The Kier molecular flexibility index (Phi) is 3.61. The van der Waals surface area contributed by atoms with Crippen molar-refractivity contribution in [2.75, 3.05) is 13.2 Å². The molecule has 102 valence electrons. The van der Waals surface area contributed by atoms with Gasteiger partial charge in [0.1, 0.15) is 17.5 Å². The Morgan fingerprint density at radius 1 is 1.58 bits per heavy atom. The van der Waals surface area contributed by atoms with Crippen LogP contribution in [-0.4, -0.2) is 35.3 Å². The highest BCUT2D eigenvalue weighted by atomic mass is 19.1. The number of ether oxygens (including phenoxy) is 2. The molecule has 1 N–H and O–H groups in total. The number of hydrogen-bond donors (Lipinski definition) is 1. The summed E-state index contributed by atoms with van der Waals surface area (Å²) in [5.74, 6) is -2.94. The van der Waals surface area contributed by atoms with Gasteiger partial charge in [-0.05, 0) is 0 Å². The van der Waals surface area contributed by atoms with Gasteiger partial charge in [-0.15, -0.1) is 0 Å². The quantitative estimate of drug-likeness (QED) is 0.659. The average Bonchev–Trinajstić information content (AvgIpc) is 2.81. The molecule has 1 aliphatic heterocycles. The molecular weight excluding hydrogens is 261 g/mol. The maximum absolute atomic E-state index is 13.5. The van der Waals surface area contributed by atoms with Crippen molar-refractivity contribution in [3.63, 3.8) is 0 Å². The first-order valence-corrected chi connectivity index (χ1v) is 5.44. The second-order valence-electron chi connectivity index (χ2n) is 3.97. The van der Waals surface area contributed by atoms with E-state index in [0.29, 0.717) is 19.1 Å². The smallest absolute Gasteiger partial charge is 0.338 e. The molecule has 0 aliphatic carbocycles. The van der Waals surface area contributed by atoms with Gasteiger partial charge in [-0.2, -0.15) is 0 Å². The fraction of sp³-hybridized carbons (Fsp3) is 0.364. The zero-order chi connectivity index (χ0) is 14.0. The van der Waals surface area contributed by atoms with Crippen LogP contribution < -0.4 is 4.74 Å². The van der Waals surface area contributed by atoms with Gasteiger partial charge in [-0.3, -0.25) is 10.1 Å². The molecule has 1 unspecified atom stereocenters. The van der Waals surface area contributed by atoms with E-state index in [-0.39, 0.29) is 12.4 Å². The summed E-state index contributed by atoms with van der Waals surface area (Å²) in [6.07, 6.45) is 0.146. The Labute approximate surface area is 106 Å². The maximum atomic E-state index is 13.5. The summed E-state index contributed by atoms with van der Waals surface area (Å²) in [5, 5.41) is 19.6. The summed E-state index contributed by atoms with van der Waals surface area (Å²) in [4.78, 5) is 20.8. The molecule has 1 heterocycles. The number of carbonyl (C=O) groups is 1. The lowest BCUT2D eigenvalue weighted by Crippen LogP contribution is -2.17. The number of nitro groups is 1. The lowest BCUT2D eigenvalue weighted by atomic mass is 10.1. The average molecular weight is 271 g/mol. The van der Waals surface area contributed by atoms with E-state index in [0.717, 1.165) is 6.07 Å². The van der Waals surface area contributed by atoms with Crippen LogP contribution in [0.25, 0.3) is 0 Å². The molecule has 1 atom stereocenters. The summed E-state index contributed by atoms with van der Waals surface area (Å²) in [5.41, 5.74) is -1.34. The van der Waals surface area contributed by atoms with Crippen LogP contribution in [0.1, 0.15) is 16.8 Å². The van der Waals surface area contributed by atoms with Crippen LogP contribution in [0.5, 0.6) is 5.75 Å². The van der Waals surface area contributed by atoms with Gasteiger partial charge in [0.15, 0.2) is 5.75 Å². The van der Waals surface area contributed by atoms with Crippen LogP contribution in [0, 0.1) is 15.9 Å². The summed E-state index contributed by atoms with van der Waals surface area (Å²) in [6.45, 7) is 0.730. The summed E-state index contributed by atoms with van der Waals surface area (Å²) < 4.78 is 23.8. The predicted molar refractivity (Wildman–Crippen MR) is 59.9 cm³/mol. The van der Waals surface area contributed by atoms with Crippen molar-refractivity contribution in [2.45, 2.75) is 12.5 Å². The van der Waals surface area contributed by atoms with Gasteiger partial charge in [0.2, 0.25) is 0 Å². The first kappa shape index (κ1) is 13.2. The molecule has 0 saturated carbocycles. The van der Waals surface area contributed by atoms with Crippen LogP contribution in [0.4, 0.5) is 10.1 Å². The molecule has 1 aromatic rings. The number of halogens is 1. The number of benzene rings is 1. The molecule has 0 amide bonds. The number of carboxylic acid groups (broad SMARTS) is 1. The number of aromatic carboxylic acids is 1. The fourth-order valence-corrected chi connectivity index (χ4v) is 1.73. The molecule has 1 aliphatic rings. The number of hydrogen-bond acceptors (Lipinski definition) is 5. The minimum Gasteiger partial charge on any atom is -0.481 e. The molecular formula is C11H10FNO6. The predicted octanol–water partition coefficient (Wildman–Crippen LogP) is 1.60. The summed E-state index contributed by atoms with van der Waals surface area (Å²) in [7, 11) is 0. The molecule has 0 radical (unpaired) electrons. The van der Waals surface area contributed by atoms with E-state index >= 15 is 0 Å². The van der Waals surface area contributed by atoms with E-state index in [1.165, 1.54) is 0 Å². The number of nitrogens with zero attached hydrogens (tertiary/aromatic N) is 1. The minimum absolute atomic E-state index is 0.263. The summed E-state index contributed by atoms with van der Waals surface area (Å²) >= 11 is 0. The van der Waals surface area contributed by atoms with Crippen molar-refractivity contribution in [3.8, 4) is 5.75 Å². The van der Waals surface area contributed by atoms with E-state index in [2.05, 4.69) is 0 Å². The molecule has 0 bridgehead atoms. The highest BCUT2D eigenvalue weighted by Gasteiger charge is 2.26. The molecule has 2 rings (SSSR count). The molecule has 1 fully saturated rings. The largest absolute Gasteiger partial charge is 0.481 e. The van der Waals surface area contributed by atoms with E-state index in [1.807, 2.05) is 0 Å². The van der Waals surface area contributed by atoms with Crippen LogP contribution in [-0.2, 0) is 4.74 Å². The minimum atomic E-state index is -1.57. The van der Waals surface area contributed by atoms with Gasteiger partial charge >= 0.3 is 11.7 Å². The Morgan fingerprint density at radius 2 is 2.32 bits per heavy atom. The van der Waals surface area contributed by atoms with E-state index < -0.39 is 34.1 Å². The Balaban J connectivity index is 2.38. The number of nitro benzene ring substituents is 1. The maximum Gasteiger partial charge on any atom is 0.338 e. The van der Waals surface area contributed by atoms with Gasteiger partial charge in [0.25, 0.3) is 0 Å². The zero-order valence-corrected chi connectivity index (χ0v) is 9.67. The monoisotopic (exact) mass is 271 g/mol. The Bertz CT molecular complexity index is 526. The summed E-state index contributed by atoms with van der Waals surface area (Å²) in [6, 6.07) is 1.38. The highest BCUT2D eigenvalue weighted by molar-refractivity contribution is 5.89. The van der Waals surface area contributed by atoms with Gasteiger partial charge in [0, 0.05) is 18.6 Å². The third kappa shape index (κ3) is 2.79. The first-order chi connectivity index (χ1) is 8.99. The normalized spacial score (nSPS) is 18.3. The van der Waals surface area contributed by atoms with E-state index in [1.54, 1.807) is 0 Å². The molecule has 0 aromatic heterocycles. The lowest BCUT2D eigenvalue weighted by molar-refractivity contribution is -0.386. The van der Waals surface area contributed by atoms with E-state index in [4.69, 9.17) is 14.6 Å². The van der Waals surface area contributed by atoms with Crippen molar-refractivity contribution in [2.24, 2.45) is 0 Å². The number of carboxylic acids is 1. The molecule has 1 saturated heterocycles. The highest BCUT2D eigenvalue weighted by Crippen LogP contribution is 2.31. The van der Waals surface area contributed by atoms with Gasteiger partial charge in [-0.1, -0.05) is 0 Å². The Hall–Kier alpha value is -2.22. The van der Waals surface area contributed by atoms with Gasteiger partial charge < -0.3 is 14.6 Å². The third-order valence-electron chi connectivity index (χ3n) is 2.66. The van der Waals surface area contributed by atoms with Crippen molar-refractivity contribution in [3.05, 3.63) is 33.6 Å². The topological polar surface area (TPSA) is 98.9 Å². The van der Waals surface area contributed by atoms with Crippen molar-refractivity contribution in [1.29, 1.82) is 0 Å². The molecule has 19 heavy (non-hydrogen) atoms. The second-order valence-corrected chi connectivity index (χ2v) is 3.97. The standard InChI is InChI=1S/C11H10FNO6/c12-8-4-10(19-6-1-2-18-5-6)9(13(16)17)3-7(8)11(14)15/h3-4,6H,1-2,5H2,(H,14,15). The first-order valence-electron chi connectivity index (χ1n) is 5.44. The Morgan fingerprint density at radius 3 is 2.84 bits per heavy atom. The fourth-order valence-electron chi connectivity index (χ4n) is 1.73. The SMILES string of the molecule is O=C(O)c1cc([N+](=O)[O-])c(OC2CCOC2)cc1F. The second kappa shape index (κ2) is 5.19. The van der Waals surface area contributed by atoms with Crippen molar-refractivity contribution in [1.82, 2.24) is 0 Å². The molecule has 1 aromatic carbocycles. The lowest BCUT2D eigenvalue weighted by Gasteiger charge is -2.12. The third-order valence-corrected chi connectivity index (χ3v) is 2.66. The van der Waals surface area contributed by atoms with Gasteiger partial charge in [-0.25, -0.2) is 9.18 Å². The van der Waals surface area contributed by atoms with Gasteiger partial charge in [0.05, 0.1) is 18.1 Å². The molecule has 0 spiro atoms. The van der Waals surface area contributed by atoms with E-state index in [9.17, 15) is 19.3 Å². The van der Waals surface area contributed by atoms with Crippen LogP contribution in [0.2, 0.25) is 0 Å². The van der Waals surface area contributed by atoms with Crippen LogP contribution in [0.15, 0.2) is 12.1 Å². The van der Waals surface area contributed by atoms with Crippen molar-refractivity contribution >= 4 is 11.7 Å². The van der Waals surface area contributed by atoms with Crippen LogP contribution >= 0.6 is 0 Å². The van der Waals surface area contributed by atoms with Crippen molar-refractivity contribution < 1.29 is 28.7 Å². The molecule has 8 heteroatoms. The van der Waals surface area contributed by atoms with Crippen LogP contribution in [0.3, 0.4) is 0 Å². The number of rotatable bonds is 4.